The van der Waals surface area contributed by atoms with Crippen LogP contribution >= 0.6 is 11.6 Å². The number of aromatic nitrogens is 1. The molecule has 0 saturated heterocycles. The first-order chi connectivity index (χ1) is 9.52. The summed E-state index contributed by atoms with van der Waals surface area (Å²) in [6, 6.07) is 5.42. The zero-order chi connectivity index (χ0) is 14.7. The van der Waals surface area contributed by atoms with Crippen molar-refractivity contribution in [2.75, 3.05) is 0 Å². The van der Waals surface area contributed by atoms with E-state index in [2.05, 4.69) is 9.98 Å². The normalized spacial score (nSPS) is 11.2. The third-order valence-corrected chi connectivity index (χ3v) is 3.27. The van der Waals surface area contributed by atoms with Crippen molar-refractivity contribution in [1.82, 2.24) is 4.98 Å². The van der Waals surface area contributed by atoms with E-state index < -0.39 is 0 Å². The number of aryl methyl sites for hydroxylation is 2. The molecule has 4 nitrogen and oxygen atoms in total. The smallest absolute Gasteiger partial charge is 0.145 e. The van der Waals surface area contributed by atoms with Crippen LogP contribution in [0.3, 0.4) is 0 Å². The maximum absolute atomic E-state index is 10.0. The second-order valence-corrected chi connectivity index (χ2v) is 4.91. The molecule has 0 aliphatic rings. The molecular weight excluding hydrogens is 276 g/mol. The van der Waals surface area contributed by atoms with Crippen LogP contribution in [0.25, 0.3) is 0 Å². The first kappa shape index (κ1) is 14.5. The molecule has 0 spiro atoms. The zero-order valence-corrected chi connectivity index (χ0v) is 12.0. The molecule has 0 atom stereocenters. The minimum Gasteiger partial charge on any atom is -0.505 e. The van der Waals surface area contributed by atoms with Gasteiger partial charge in [-0.05, 0) is 31.5 Å². The van der Waals surface area contributed by atoms with Gasteiger partial charge in [-0.15, -0.1) is 0 Å². The Labute approximate surface area is 122 Å². The van der Waals surface area contributed by atoms with Crippen molar-refractivity contribution in [3.8, 4) is 5.75 Å². The number of rotatable bonds is 3. The van der Waals surface area contributed by atoms with Crippen molar-refractivity contribution in [3.63, 3.8) is 0 Å². The van der Waals surface area contributed by atoms with Gasteiger partial charge in [0.2, 0.25) is 0 Å². The summed E-state index contributed by atoms with van der Waals surface area (Å²) in [5.74, 6) is 0.0278. The molecule has 2 aromatic rings. The zero-order valence-electron chi connectivity index (χ0n) is 11.3. The van der Waals surface area contributed by atoms with Gasteiger partial charge in [-0.1, -0.05) is 17.7 Å². The fourth-order valence-electron chi connectivity index (χ4n) is 1.78. The molecule has 5 heteroatoms. The lowest BCUT2D eigenvalue weighted by Gasteiger charge is -2.07. The third-order valence-electron chi connectivity index (χ3n) is 3.03. The van der Waals surface area contributed by atoms with Gasteiger partial charge in [0.05, 0.1) is 18.0 Å². The largest absolute Gasteiger partial charge is 0.505 e. The van der Waals surface area contributed by atoms with E-state index in [1.54, 1.807) is 19.1 Å². The average Bonchev–Trinajstić information content (AvgIpc) is 2.44. The average molecular weight is 291 g/mol. The van der Waals surface area contributed by atoms with Crippen molar-refractivity contribution < 1.29 is 10.2 Å². The Morgan fingerprint density at radius 1 is 1.35 bits per heavy atom. The summed E-state index contributed by atoms with van der Waals surface area (Å²) in [7, 11) is 0. The van der Waals surface area contributed by atoms with Crippen molar-refractivity contribution in [2.24, 2.45) is 4.99 Å². The Balaban J connectivity index is 2.46. The van der Waals surface area contributed by atoms with Crippen LogP contribution in [0.5, 0.6) is 5.75 Å². The van der Waals surface area contributed by atoms with Crippen LogP contribution in [0.2, 0.25) is 5.02 Å². The number of aromatic hydroxyl groups is 1. The van der Waals surface area contributed by atoms with Crippen molar-refractivity contribution >= 4 is 23.5 Å². The molecule has 2 N–H and O–H groups in total. The van der Waals surface area contributed by atoms with E-state index in [1.165, 1.54) is 12.4 Å². The molecule has 0 saturated carbocycles. The molecule has 0 unspecified atom stereocenters. The van der Waals surface area contributed by atoms with Crippen LogP contribution in [0.1, 0.15) is 22.4 Å². The van der Waals surface area contributed by atoms with Gasteiger partial charge in [-0.2, -0.15) is 0 Å². The van der Waals surface area contributed by atoms with Gasteiger partial charge in [0.15, 0.2) is 0 Å². The standard InChI is InChI=1S/C15H15ClN2O2/c1-9-3-4-12(16)5-14(9)18-7-13-11(8-19)6-17-10(2)15(13)20/h3-7,19-20H,8H2,1-2H3. The second-order valence-electron chi connectivity index (χ2n) is 4.48. The van der Waals surface area contributed by atoms with Crippen molar-refractivity contribution in [1.29, 1.82) is 0 Å². The summed E-state index contributed by atoms with van der Waals surface area (Å²) in [5, 5.41) is 19.9. The number of aliphatic hydroxyl groups excluding tert-OH is 1. The van der Waals surface area contributed by atoms with Gasteiger partial charge >= 0.3 is 0 Å². The SMILES string of the molecule is Cc1ccc(Cl)cc1N=Cc1c(CO)cnc(C)c1O. The number of hydrogen-bond donors (Lipinski definition) is 2. The molecule has 1 aromatic carbocycles. The van der Waals surface area contributed by atoms with Gasteiger partial charge < -0.3 is 10.2 Å². The summed E-state index contributed by atoms with van der Waals surface area (Å²) in [4.78, 5) is 8.34. The Hall–Kier alpha value is -1.91. The first-order valence-corrected chi connectivity index (χ1v) is 6.49. The van der Waals surface area contributed by atoms with Crippen LogP contribution < -0.4 is 0 Å². The summed E-state index contributed by atoms with van der Waals surface area (Å²) in [6.07, 6.45) is 3.05. The van der Waals surface area contributed by atoms with Gasteiger partial charge in [0.1, 0.15) is 5.75 Å². The molecule has 0 aliphatic carbocycles. The quantitative estimate of drug-likeness (QED) is 0.852. The topological polar surface area (TPSA) is 65.7 Å². The fourth-order valence-corrected chi connectivity index (χ4v) is 1.94. The minimum atomic E-state index is -0.212. The summed E-state index contributed by atoms with van der Waals surface area (Å²) >= 11 is 5.94. The van der Waals surface area contributed by atoms with E-state index in [0.29, 0.717) is 21.8 Å². The summed E-state index contributed by atoms with van der Waals surface area (Å²) < 4.78 is 0. The first-order valence-electron chi connectivity index (χ1n) is 6.11. The van der Waals surface area contributed by atoms with E-state index in [1.807, 2.05) is 13.0 Å². The number of aliphatic imine (C=N–C) groups is 1. The highest BCUT2D eigenvalue weighted by Crippen LogP contribution is 2.26. The number of benzene rings is 1. The molecule has 0 fully saturated rings. The van der Waals surface area contributed by atoms with Crippen molar-refractivity contribution in [3.05, 3.63) is 51.8 Å². The number of nitrogens with zero attached hydrogens (tertiary/aromatic N) is 2. The monoisotopic (exact) mass is 290 g/mol. The van der Waals surface area contributed by atoms with Crippen LogP contribution in [-0.4, -0.2) is 21.4 Å². The lowest BCUT2D eigenvalue weighted by atomic mass is 10.1. The second kappa shape index (κ2) is 6.03. The molecule has 2 rings (SSSR count). The van der Waals surface area contributed by atoms with E-state index >= 15 is 0 Å². The van der Waals surface area contributed by atoms with Crippen LogP contribution in [-0.2, 0) is 6.61 Å². The van der Waals surface area contributed by atoms with E-state index in [4.69, 9.17) is 11.6 Å². The Morgan fingerprint density at radius 3 is 2.80 bits per heavy atom. The minimum absolute atomic E-state index is 0.0278. The molecule has 104 valence electrons. The molecule has 1 heterocycles. The number of hydrogen-bond acceptors (Lipinski definition) is 4. The van der Waals surface area contributed by atoms with Gasteiger partial charge in [0, 0.05) is 28.6 Å². The van der Waals surface area contributed by atoms with E-state index in [9.17, 15) is 10.2 Å². The predicted molar refractivity (Wildman–Crippen MR) is 80.0 cm³/mol. The predicted octanol–water partition coefficient (Wildman–Crippen LogP) is 3.30. The summed E-state index contributed by atoms with van der Waals surface area (Å²) in [5.41, 5.74) is 3.18. The fraction of sp³-hybridized carbons (Fsp3) is 0.200. The maximum atomic E-state index is 10.0. The molecule has 0 bridgehead atoms. The van der Waals surface area contributed by atoms with E-state index in [0.717, 1.165) is 11.3 Å². The highest BCUT2D eigenvalue weighted by Gasteiger charge is 2.09. The lowest BCUT2D eigenvalue weighted by molar-refractivity contribution is 0.280. The third kappa shape index (κ3) is 2.98. The highest BCUT2D eigenvalue weighted by atomic mass is 35.5. The molecule has 0 aliphatic heterocycles. The molecule has 0 amide bonds. The lowest BCUT2D eigenvalue weighted by Crippen LogP contribution is -1.97. The van der Waals surface area contributed by atoms with Gasteiger partial charge in [-0.3, -0.25) is 9.98 Å². The molecule has 0 radical (unpaired) electrons. The highest BCUT2D eigenvalue weighted by molar-refractivity contribution is 6.30. The van der Waals surface area contributed by atoms with Crippen LogP contribution in [0, 0.1) is 13.8 Å². The Kier molecular flexibility index (Phi) is 4.37. The van der Waals surface area contributed by atoms with E-state index in [-0.39, 0.29) is 12.4 Å². The maximum Gasteiger partial charge on any atom is 0.145 e. The number of pyridine rings is 1. The Morgan fingerprint density at radius 2 is 2.10 bits per heavy atom. The van der Waals surface area contributed by atoms with Crippen LogP contribution in [0.4, 0.5) is 5.69 Å². The van der Waals surface area contributed by atoms with Gasteiger partial charge in [-0.25, -0.2) is 0 Å². The van der Waals surface area contributed by atoms with Gasteiger partial charge in [0.25, 0.3) is 0 Å². The molecule has 20 heavy (non-hydrogen) atoms. The van der Waals surface area contributed by atoms with Crippen LogP contribution in [0.15, 0.2) is 29.4 Å². The molecule has 1 aromatic heterocycles. The Bertz CT molecular complexity index is 669. The van der Waals surface area contributed by atoms with Crippen molar-refractivity contribution in [2.45, 2.75) is 20.5 Å². The molecular formula is C15H15ClN2O2. The number of halogens is 1. The summed E-state index contributed by atoms with van der Waals surface area (Å²) in [6.45, 7) is 3.41. The number of aliphatic hydroxyl groups is 1.